The summed E-state index contributed by atoms with van der Waals surface area (Å²) in [5.74, 6) is -0.729. The zero-order valence-corrected chi connectivity index (χ0v) is 17.6. The molecule has 1 amide bonds. The van der Waals surface area contributed by atoms with Crippen LogP contribution in [-0.2, 0) is 24.8 Å². The fraction of sp³-hybridized carbons (Fsp3) is 0.278. The van der Waals surface area contributed by atoms with Crippen molar-refractivity contribution in [1.82, 2.24) is 0 Å². The first-order chi connectivity index (χ1) is 13.6. The topological polar surface area (TPSA) is 119 Å². The molecule has 0 bridgehead atoms. The molecule has 1 heterocycles. The van der Waals surface area contributed by atoms with Crippen LogP contribution in [0.1, 0.15) is 6.92 Å². The third-order valence-corrected chi connectivity index (χ3v) is 7.64. The highest BCUT2D eigenvalue weighted by molar-refractivity contribution is 7.94. The van der Waals surface area contributed by atoms with Crippen molar-refractivity contribution in [3.05, 3.63) is 42.5 Å². The number of benzene rings is 2. The van der Waals surface area contributed by atoms with Crippen molar-refractivity contribution >= 4 is 37.3 Å². The highest BCUT2D eigenvalue weighted by Gasteiger charge is 2.42. The largest absolute Gasteiger partial charge is 0.497 e. The molecule has 156 valence electrons. The van der Waals surface area contributed by atoms with Gasteiger partial charge in [0.15, 0.2) is 0 Å². The van der Waals surface area contributed by atoms with Crippen molar-refractivity contribution in [3.8, 4) is 11.5 Å². The Hall–Kier alpha value is -2.79. The number of carbonyl (C=O) groups excluding carboxylic acids is 1. The summed E-state index contributed by atoms with van der Waals surface area (Å²) >= 11 is 0. The molecule has 0 saturated carbocycles. The van der Waals surface area contributed by atoms with Gasteiger partial charge in [-0.2, -0.15) is 0 Å². The van der Waals surface area contributed by atoms with E-state index in [9.17, 15) is 21.6 Å². The summed E-state index contributed by atoms with van der Waals surface area (Å²) in [6.07, 6.45) is 0. The molecule has 0 aromatic heterocycles. The average molecular weight is 440 g/mol. The van der Waals surface area contributed by atoms with E-state index in [0.717, 1.165) is 0 Å². The van der Waals surface area contributed by atoms with Crippen LogP contribution in [0.15, 0.2) is 47.4 Å². The maximum Gasteiger partial charge on any atom is 0.262 e. The lowest BCUT2D eigenvalue weighted by Crippen LogP contribution is -2.30. The quantitative estimate of drug-likeness (QED) is 0.728. The number of ether oxygens (including phenoxy) is 2. The molecule has 0 aliphatic carbocycles. The van der Waals surface area contributed by atoms with Gasteiger partial charge < -0.3 is 9.47 Å². The highest BCUT2D eigenvalue weighted by atomic mass is 32.2. The first-order valence-corrected chi connectivity index (χ1v) is 11.6. The van der Waals surface area contributed by atoms with Crippen molar-refractivity contribution in [2.75, 3.05) is 29.0 Å². The van der Waals surface area contributed by atoms with Crippen LogP contribution in [0, 0.1) is 5.92 Å². The van der Waals surface area contributed by atoms with Crippen molar-refractivity contribution in [2.24, 2.45) is 5.92 Å². The van der Waals surface area contributed by atoms with Gasteiger partial charge in [0.2, 0.25) is 15.9 Å². The molecule has 1 N–H and O–H groups in total. The van der Waals surface area contributed by atoms with Crippen LogP contribution in [0.5, 0.6) is 11.5 Å². The van der Waals surface area contributed by atoms with Gasteiger partial charge in [0.25, 0.3) is 10.0 Å². The molecule has 11 heteroatoms. The summed E-state index contributed by atoms with van der Waals surface area (Å²) in [5, 5.41) is 0. The van der Waals surface area contributed by atoms with Gasteiger partial charge in [0.1, 0.15) is 11.5 Å². The lowest BCUT2D eigenvalue weighted by molar-refractivity contribution is -0.119. The van der Waals surface area contributed by atoms with E-state index in [-0.39, 0.29) is 22.0 Å². The lowest BCUT2D eigenvalue weighted by atomic mass is 10.2. The molecule has 1 saturated heterocycles. The van der Waals surface area contributed by atoms with Gasteiger partial charge in [-0.15, -0.1) is 0 Å². The Kier molecular flexibility index (Phi) is 5.46. The summed E-state index contributed by atoms with van der Waals surface area (Å²) in [6, 6.07) is 9.69. The first kappa shape index (κ1) is 20.9. The molecular formula is C18H20N2O7S2. The van der Waals surface area contributed by atoms with E-state index < -0.39 is 31.9 Å². The van der Waals surface area contributed by atoms with Crippen molar-refractivity contribution in [2.45, 2.75) is 11.8 Å². The van der Waals surface area contributed by atoms with Gasteiger partial charge in [0, 0.05) is 6.07 Å². The van der Waals surface area contributed by atoms with E-state index >= 15 is 0 Å². The number of nitrogens with zero attached hydrogens (tertiary/aromatic N) is 1. The van der Waals surface area contributed by atoms with Crippen LogP contribution in [0.4, 0.5) is 11.4 Å². The molecular weight excluding hydrogens is 420 g/mol. The van der Waals surface area contributed by atoms with Gasteiger partial charge in [0.05, 0.1) is 42.2 Å². The maximum atomic E-state index is 12.7. The summed E-state index contributed by atoms with van der Waals surface area (Å²) in [7, 11) is -4.91. The van der Waals surface area contributed by atoms with E-state index in [0.29, 0.717) is 15.8 Å². The Morgan fingerprint density at radius 1 is 1.07 bits per heavy atom. The number of carbonyl (C=O) groups is 1. The smallest absolute Gasteiger partial charge is 0.262 e. The van der Waals surface area contributed by atoms with E-state index in [1.807, 2.05) is 0 Å². The minimum atomic E-state index is -4.00. The zero-order chi connectivity index (χ0) is 21.4. The Morgan fingerprint density at radius 2 is 1.72 bits per heavy atom. The zero-order valence-electron chi connectivity index (χ0n) is 15.9. The highest BCUT2D eigenvalue weighted by Crippen LogP contribution is 2.32. The van der Waals surface area contributed by atoms with E-state index in [1.165, 1.54) is 51.5 Å². The molecule has 1 atom stereocenters. The van der Waals surface area contributed by atoms with Crippen LogP contribution in [-0.4, -0.2) is 42.7 Å². The van der Waals surface area contributed by atoms with Gasteiger partial charge in [-0.25, -0.2) is 21.1 Å². The summed E-state index contributed by atoms with van der Waals surface area (Å²) in [6.45, 7) is 1.53. The van der Waals surface area contributed by atoms with Crippen LogP contribution in [0.25, 0.3) is 0 Å². The van der Waals surface area contributed by atoms with Crippen molar-refractivity contribution < 1.29 is 31.1 Å². The van der Waals surface area contributed by atoms with Crippen LogP contribution in [0.3, 0.4) is 0 Å². The van der Waals surface area contributed by atoms with Crippen LogP contribution in [0.2, 0.25) is 0 Å². The molecule has 2 aromatic carbocycles. The minimum Gasteiger partial charge on any atom is -0.497 e. The molecule has 2 aromatic rings. The molecule has 1 aliphatic rings. The second-order valence-electron chi connectivity index (χ2n) is 6.45. The second kappa shape index (κ2) is 7.56. The number of hydrogen-bond donors (Lipinski definition) is 1. The Labute approximate surface area is 169 Å². The van der Waals surface area contributed by atoms with Gasteiger partial charge in [-0.1, -0.05) is 6.92 Å². The minimum absolute atomic E-state index is 0.0947. The molecule has 0 spiro atoms. The van der Waals surface area contributed by atoms with E-state index in [1.54, 1.807) is 12.1 Å². The predicted molar refractivity (Wildman–Crippen MR) is 107 cm³/mol. The Bertz CT molecular complexity index is 1140. The summed E-state index contributed by atoms with van der Waals surface area (Å²) in [4.78, 5) is 12.1. The van der Waals surface area contributed by atoms with Gasteiger partial charge in [-0.3, -0.25) is 9.52 Å². The molecule has 1 aliphatic heterocycles. The molecule has 29 heavy (non-hydrogen) atoms. The third kappa shape index (κ3) is 4.01. The fourth-order valence-corrected chi connectivity index (χ4v) is 5.83. The van der Waals surface area contributed by atoms with Crippen LogP contribution >= 0.6 is 0 Å². The summed E-state index contributed by atoms with van der Waals surface area (Å²) < 4.78 is 63.2. The number of amides is 1. The average Bonchev–Trinajstić information content (AvgIpc) is 2.88. The van der Waals surface area contributed by atoms with E-state index in [4.69, 9.17) is 9.47 Å². The monoisotopic (exact) mass is 440 g/mol. The number of hydrogen-bond acceptors (Lipinski definition) is 7. The number of sulfonamides is 2. The molecule has 0 unspecified atom stereocenters. The predicted octanol–water partition coefficient (Wildman–Crippen LogP) is 1.82. The molecule has 1 fully saturated rings. The first-order valence-electron chi connectivity index (χ1n) is 8.51. The third-order valence-electron chi connectivity index (χ3n) is 4.39. The summed E-state index contributed by atoms with van der Waals surface area (Å²) in [5.41, 5.74) is 0.277. The number of anilines is 2. The maximum absolute atomic E-state index is 12.7. The van der Waals surface area contributed by atoms with E-state index in [2.05, 4.69) is 4.72 Å². The van der Waals surface area contributed by atoms with Crippen molar-refractivity contribution in [3.63, 3.8) is 0 Å². The second-order valence-corrected chi connectivity index (χ2v) is 9.99. The normalized spacial score (nSPS) is 18.5. The fourth-order valence-electron chi connectivity index (χ4n) is 2.95. The standard InChI is InChI=1S/C18H20N2O7S2/c1-12-11-28(22,23)20(18(12)21)13-4-7-15(8-5-13)29(24,25)19-16-10-14(26-2)6-9-17(16)27-3/h4-10,12,19H,11H2,1-3H3/t12-/m1/s1. The number of nitrogens with one attached hydrogen (secondary N) is 1. The lowest BCUT2D eigenvalue weighted by Gasteiger charge is -2.16. The molecule has 3 rings (SSSR count). The Morgan fingerprint density at radius 3 is 2.24 bits per heavy atom. The van der Waals surface area contributed by atoms with Gasteiger partial charge in [-0.05, 0) is 36.4 Å². The van der Waals surface area contributed by atoms with Gasteiger partial charge >= 0.3 is 0 Å². The number of rotatable bonds is 6. The van der Waals surface area contributed by atoms with Crippen LogP contribution < -0.4 is 18.5 Å². The molecule has 0 radical (unpaired) electrons. The SMILES string of the molecule is COc1ccc(OC)c(NS(=O)(=O)c2ccc(N3C(=O)[C@H](C)CS3(=O)=O)cc2)c1. The van der Waals surface area contributed by atoms with Crippen molar-refractivity contribution in [1.29, 1.82) is 0 Å². The Balaban J connectivity index is 1.91. The number of methoxy groups -OCH3 is 2. The molecule has 9 nitrogen and oxygen atoms in total.